The predicted octanol–water partition coefficient (Wildman–Crippen LogP) is 2.18. The lowest BCUT2D eigenvalue weighted by molar-refractivity contribution is -0.117. The number of amides is 2. The molecule has 1 aromatic carbocycles. The van der Waals surface area contributed by atoms with Crippen molar-refractivity contribution < 1.29 is 14.0 Å². The maximum atomic E-state index is 12.7. The van der Waals surface area contributed by atoms with Crippen LogP contribution in [0.3, 0.4) is 0 Å². The number of carbonyl (C=O) groups excluding carboxylic acids is 2. The number of aromatic amines is 1. The van der Waals surface area contributed by atoms with Crippen LogP contribution in [0.15, 0.2) is 33.5 Å². The summed E-state index contributed by atoms with van der Waals surface area (Å²) in [5, 5.41) is 10.4. The Hall–Kier alpha value is -3.17. The van der Waals surface area contributed by atoms with Crippen LogP contribution in [0.1, 0.15) is 21.8 Å². The molecule has 1 fully saturated rings. The highest BCUT2D eigenvalue weighted by Gasteiger charge is 2.25. The van der Waals surface area contributed by atoms with E-state index in [0.717, 1.165) is 0 Å². The number of nitrogens with one attached hydrogen (secondary N) is 2. The molecule has 0 unspecified atom stereocenters. The topological polar surface area (TPSA) is 112 Å². The van der Waals surface area contributed by atoms with Gasteiger partial charge < -0.3 is 9.32 Å². The monoisotopic (exact) mass is 443 g/mol. The van der Waals surface area contributed by atoms with Crippen LogP contribution in [0.5, 0.6) is 0 Å². The second kappa shape index (κ2) is 8.52. The minimum atomic E-state index is -0.417. The number of furan rings is 1. The largest absolute Gasteiger partial charge is 0.444 e. The van der Waals surface area contributed by atoms with E-state index in [1.807, 2.05) is 4.90 Å². The molecule has 1 saturated heterocycles. The van der Waals surface area contributed by atoms with Crippen LogP contribution in [-0.4, -0.2) is 64.5 Å². The summed E-state index contributed by atoms with van der Waals surface area (Å²) in [7, 11) is 0. The molecular weight excluding hydrogens is 422 g/mol. The van der Waals surface area contributed by atoms with Gasteiger partial charge in [-0.1, -0.05) is 23.7 Å². The summed E-state index contributed by atoms with van der Waals surface area (Å²) < 4.78 is 5.62. The third-order valence-corrected chi connectivity index (χ3v) is 5.71. The zero-order valence-electron chi connectivity index (χ0n) is 17.2. The van der Waals surface area contributed by atoms with Gasteiger partial charge in [0, 0.05) is 26.2 Å². The summed E-state index contributed by atoms with van der Waals surface area (Å²) in [5.74, 6) is 0.232. The summed E-state index contributed by atoms with van der Waals surface area (Å²) in [5.41, 5.74) is 0.681. The maximum Gasteiger partial charge on any atom is 0.277 e. The van der Waals surface area contributed by atoms with Crippen molar-refractivity contribution >= 4 is 40.1 Å². The predicted molar refractivity (Wildman–Crippen MR) is 117 cm³/mol. The molecule has 2 aromatic heterocycles. The summed E-state index contributed by atoms with van der Waals surface area (Å²) in [4.78, 5) is 41.1. The normalized spacial score (nSPS) is 14.7. The zero-order valence-corrected chi connectivity index (χ0v) is 18.0. The lowest BCUT2D eigenvalue weighted by Gasteiger charge is -2.34. The van der Waals surface area contributed by atoms with E-state index in [2.05, 4.69) is 15.5 Å². The average Bonchev–Trinajstić information content (AvgIpc) is 3.08. The van der Waals surface area contributed by atoms with Crippen LogP contribution >= 0.6 is 11.6 Å². The van der Waals surface area contributed by atoms with Gasteiger partial charge in [-0.3, -0.25) is 24.6 Å². The molecule has 0 bridgehead atoms. The average molecular weight is 444 g/mol. The fourth-order valence-electron chi connectivity index (χ4n) is 3.81. The highest BCUT2D eigenvalue weighted by Crippen LogP contribution is 2.28. The van der Waals surface area contributed by atoms with Gasteiger partial charge in [-0.15, -0.1) is 0 Å². The second-order valence-electron chi connectivity index (χ2n) is 7.47. The van der Waals surface area contributed by atoms with E-state index in [0.29, 0.717) is 53.6 Å². The van der Waals surface area contributed by atoms with Gasteiger partial charge in [0.05, 0.1) is 28.2 Å². The van der Waals surface area contributed by atoms with Crippen molar-refractivity contribution in [3.05, 3.63) is 56.7 Å². The van der Waals surface area contributed by atoms with Crippen molar-refractivity contribution in [2.24, 2.45) is 0 Å². The summed E-state index contributed by atoms with van der Waals surface area (Å²) in [6, 6.07) is 6.96. The lowest BCUT2D eigenvalue weighted by Crippen LogP contribution is -2.50. The number of aryl methyl sites for hydroxylation is 2. The Labute approximate surface area is 183 Å². The van der Waals surface area contributed by atoms with E-state index in [1.165, 1.54) is 0 Å². The van der Waals surface area contributed by atoms with Crippen molar-refractivity contribution in [2.45, 2.75) is 13.8 Å². The van der Waals surface area contributed by atoms with Gasteiger partial charge in [0.2, 0.25) is 11.8 Å². The number of halogens is 1. The van der Waals surface area contributed by atoms with E-state index >= 15 is 0 Å². The van der Waals surface area contributed by atoms with Crippen molar-refractivity contribution in [1.82, 2.24) is 20.0 Å². The Morgan fingerprint density at radius 2 is 1.87 bits per heavy atom. The molecule has 0 spiro atoms. The van der Waals surface area contributed by atoms with Gasteiger partial charge in [-0.2, -0.15) is 5.10 Å². The zero-order chi connectivity index (χ0) is 22.1. The Morgan fingerprint density at radius 1 is 1.16 bits per heavy atom. The van der Waals surface area contributed by atoms with Gasteiger partial charge in [0.25, 0.3) is 11.5 Å². The first-order chi connectivity index (χ1) is 14.8. The van der Waals surface area contributed by atoms with E-state index in [9.17, 15) is 14.4 Å². The van der Waals surface area contributed by atoms with Crippen LogP contribution in [0.2, 0.25) is 5.02 Å². The van der Waals surface area contributed by atoms with Crippen LogP contribution in [0, 0.1) is 13.8 Å². The van der Waals surface area contributed by atoms with Crippen molar-refractivity contribution in [1.29, 1.82) is 0 Å². The SMILES string of the molecule is Cc1n[nH]c(=O)c2c(NC(=O)CN3CCN(C(=O)c4ccccc4Cl)CC3)oc(C)c12. The molecule has 0 radical (unpaired) electrons. The minimum Gasteiger partial charge on any atom is -0.444 e. The smallest absolute Gasteiger partial charge is 0.277 e. The molecule has 4 rings (SSSR count). The van der Waals surface area contributed by atoms with Crippen LogP contribution < -0.4 is 10.9 Å². The van der Waals surface area contributed by atoms with Crippen LogP contribution in [0.4, 0.5) is 5.88 Å². The number of rotatable bonds is 4. The number of H-pyrrole nitrogens is 1. The molecule has 162 valence electrons. The van der Waals surface area contributed by atoms with Crippen LogP contribution in [0.25, 0.3) is 10.8 Å². The van der Waals surface area contributed by atoms with E-state index in [-0.39, 0.29) is 29.6 Å². The fraction of sp³-hybridized carbons (Fsp3) is 0.333. The molecule has 3 aromatic rings. The third kappa shape index (κ3) is 4.19. The molecular formula is C21H22ClN5O4. The molecule has 1 aliphatic rings. The van der Waals surface area contributed by atoms with Crippen LogP contribution in [-0.2, 0) is 4.79 Å². The number of carbonyl (C=O) groups is 2. The van der Waals surface area contributed by atoms with Crippen molar-refractivity contribution in [2.75, 3.05) is 38.0 Å². The molecule has 31 heavy (non-hydrogen) atoms. The molecule has 1 aliphatic heterocycles. The van der Waals surface area contributed by atoms with Gasteiger partial charge in [0.1, 0.15) is 11.1 Å². The Balaban J connectivity index is 1.38. The fourth-order valence-corrected chi connectivity index (χ4v) is 4.03. The standard InChI is InChI=1S/C21H22ClN5O4/c1-12-17-13(2)31-20(18(17)19(29)25-24-12)23-16(28)11-26-7-9-27(10-8-26)21(30)14-5-3-4-6-15(14)22/h3-6H,7-11H2,1-2H3,(H,23,28)(H,25,29). The molecule has 0 atom stereocenters. The number of anilines is 1. The first-order valence-corrected chi connectivity index (χ1v) is 10.3. The quantitative estimate of drug-likeness (QED) is 0.639. The highest BCUT2D eigenvalue weighted by molar-refractivity contribution is 6.33. The second-order valence-corrected chi connectivity index (χ2v) is 7.88. The number of nitrogens with zero attached hydrogens (tertiary/aromatic N) is 3. The number of benzene rings is 1. The van der Waals surface area contributed by atoms with Gasteiger partial charge in [-0.05, 0) is 26.0 Å². The number of aromatic nitrogens is 2. The van der Waals surface area contributed by atoms with Gasteiger partial charge in [-0.25, -0.2) is 5.10 Å². The first kappa shape index (κ1) is 21.1. The van der Waals surface area contributed by atoms with E-state index in [4.69, 9.17) is 16.0 Å². The number of hydrogen-bond acceptors (Lipinski definition) is 6. The third-order valence-electron chi connectivity index (χ3n) is 5.38. The molecule has 0 saturated carbocycles. The minimum absolute atomic E-state index is 0.115. The Morgan fingerprint density at radius 3 is 2.58 bits per heavy atom. The Bertz CT molecular complexity index is 1210. The lowest BCUT2D eigenvalue weighted by atomic mass is 10.2. The van der Waals surface area contributed by atoms with Gasteiger partial charge in [0.15, 0.2) is 0 Å². The molecule has 10 heteroatoms. The van der Waals surface area contributed by atoms with E-state index in [1.54, 1.807) is 43.0 Å². The van der Waals surface area contributed by atoms with Crippen molar-refractivity contribution in [3.8, 4) is 0 Å². The molecule has 0 aliphatic carbocycles. The summed E-state index contributed by atoms with van der Waals surface area (Å²) in [6.07, 6.45) is 0. The molecule has 2 N–H and O–H groups in total. The summed E-state index contributed by atoms with van der Waals surface area (Å²) >= 11 is 6.13. The summed E-state index contributed by atoms with van der Waals surface area (Å²) in [6.45, 7) is 5.68. The van der Waals surface area contributed by atoms with E-state index < -0.39 is 5.56 Å². The molecule has 9 nitrogen and oxygen atoms in total. The highest BCUT2D eigenvalue weighted by atomic mass is 35.5. The number of fused-ring (bicyclic) bond motifs is 1. The first-order valence-electron chi connectivity index (χ1n) is 9.89. The Kier molecular flexibility index (Phi) is 5.79. The number of piperazine rings is 1. The van der Waals surface area contributed by atoms with Crippen molar-refractivity contribution in [3.63, 3.8) is 0 Å². The maximum absolute atomic E-state index is 12.7. The number of hydrogen-bond donors (Lipinski definition) is 2. The molecule has 2 amide bonds. The molecule has 3 heterocycles. The van der Waals surface area contributed by atoms with Gasteiger partial charge >= 0.3 is 0 Å².